The van der Waals surface area contributed by atoms with E-state index in [4.69, 9.17) is 10.5 Å². The first-order valence-corrected chi connectivity index (χ1v) is 5.36. The first-order valence-electron chi connectivity index (χ1n) is 5.36. The van der Waals surface area contributed by atoms with Gasteiger partial charge < -0.3 is 10.5 Å². The summed E-state index contributed by atoms with van der Waals surface area (Å²) in [6, 6.07) is 3.62. The molecule has 0 aliphatic heterocycles. The molecule has 2 aromatic rings. The fourth-order valence-electron chi connectivity index (χ4n) is 1.50. The summed E-state index contributed by atoms with van der Waals surface area (Å²) < 4.78 is 7.24. The van der Waals surface area contributed by atoms with Crippen LogP contribution in [0.15, 0.2) is 18.3 Å². The van der Waals surface area contributed by atoms with Gasteiger partial charge in [-0.1, -0.05) is 0 Å². The fourth-order valence-corrected chi connectivity index (χ4v) is 1.50. The summed E-state index contributed by atoms with van der Waals surface area (Å²) in [5.74, 6) is 0.669. The van der Waals surface area contributed by atoms with Crippen molar-refractivity contribution in [2.75, 3.05) is 5.73 Å². The van der Waals surface area contributed by atoms with Crippen molar-refractivity contribution in [2.45, 2.75) is 20.0 Å². The average molecular weight is 233 g/mol. The van der Waals surface area contributed by atoms with Crippen molar-refractivity contribution >= 4 is 5.95 Å². The normalized spacial score (nSPS) is 10.8. The Morgan fingerprint density at radius 3 is 2.71 bits per heavy atom. The third-order valence-corrected chi connectivity index (χ3v) is 2.16. The molecule has 0 amide bonds. The van der Waals surface area contributed by atoms with E-state index < -0.39 is 0 Å². The summed E-state index contributed by atoms with van der Waals surface area (Å²) in [7, 11) is 1.84. The minimum Gasteiger partial charge on any atom is -0.475 e. The van der Waals surface area contributed by atoms with Gasteiger partial charge in [0, 0.05) is 19.3 Å². The Morgan fingerprint density at radius 2 is 2.12 bits per heavy atom. The van der Waals surface area contributed by atoms with Crippen LogP contribution in [0.25, 0.3) is 11.4 Å². The molecule has 6 nitrogen and oxygen atoms in total. The Morgan fingerprint density at radius 1 is 1.35 bits per heavy atom. The van der Waals surface area contributed by atoms with Gasteiger partial charge in [-0.15, -0.1) is 0 Å². The highest BCUT2D eigenvalue weighted by Crippen LogP contribution is 2.21. The molecule has 90 valence electrons. The lowest BCUT2D eigenvalue weighted by atomic mass is 10.3. The van der Waals surface area contributed by atoms with E-state index in [1.807, 2.05) is 27.0 Å². The molecule has 0 radical (unpaired) electrons. The number of rotatable bonds is 3. The molecule has 2 N–H and O–H groups in total. The predicted octanol–water partition coefficient (Wildman–Crippen LogP) is 1.25. The highest BCUT2D eigenvalue weighted by molar-refractivity contribution is 5.57. The van der Waals surface area contributed by atoms with Crippen molar-refractivity contribution in [3.05, 3.63) is 18.3 Å². The van der Waals surface area contributed by atoms with E-state index in [0.29, 0.717) is 11.6 Å². The van der Waals surface area contributed by atoms with Gasteiger partial charge in [0.2, 0.25) is 11.8 Å². The van der Waals surface area contributed by atoms with Crippen LogP contribution < -0.4 is 10.5 Å². The largest absolute Gasteiger partial charge is 0.475 e. The number of anilines is 1. The van der Waals surface area contributed by atoms with E-state index >= 15 is 0 Å². The Bertz CT molecular complexity index is 520. The molecule has 17 heavy (non-hydrogen) atoms. The lowest BCUT2D eigenvalue weighted by Crippen LogP contribution is -2.09. The maximum atomic E-state index is 5.66. The summed E-state index contributed by atoms with van der Waals surface area (Å²) >= 11 is 0. The molecular weight excluding hydrogens is 218 g/mol. The quantitative estimate of drug-likeness (QED) is 0.863. The van der Waals surface area contributed by atoms with Gasteiger partial charge in [0.15, 0.2) is 0 Å². The second-order valence-electron chi connectivity index (χ2n) is 3.96. The van der Waals surface area contributed by atoms with Crippen LogP contribution in [0.2, 0.25) is 0 Å². The zero-order valence-electron chi connectivity index (χ0n) is 10.1. The molecular formula is C11H15N5O. The zero-order valence-corrected chi connectivity index (χ0v) is 10.1. The molecule has 0 aliphatic rings. The minimum absolute atomic E-state index is 0.0451. The lowest BCUT2D eigenvalue weighted by Gasteiger charge is -2.10. The molecule has 2 rings (SSSR count). The standard InChI is InChI=1S/C11H15N5O/c1-7(2)17-10-6-8(14-11(12)15-10)9-4-5-13-16(9)3/h4-7H,1-3H3,(H2,12,14,15). The zero-order chi connectivity index (χ0) is 12.4. The second-order valence-corrected chi connectivity index (χ2v) is 3.96. The van der Waals surface area contributed by atoms with Gasteiger partial charge >= 0.3 is 0 Å². The summed E-state index contributed by atoms with van der Waals surface area (Å²) in [5, 5.41) is 4.09. The van der Waals surface area contributed by atoms with Crippen molar-refractivity contribution in [1.29, 1.82) is 0 Å². The highest BCUT2D eigenvalue weighted by Gasteiger charge is 2.09. The molecule has 0 aliphatic carbocycles. The van der Waals surface area contributed by atoms with Gasteiger partial charge in [-0.3, -0.25) is 4.68 Å². The monoisotopic (exact) mass is 233 g/mol. The van der Waals surface area contributed by atoms with E-state index in [2.05, 4.69) is 15.1 Å². The van der Waals surface area contributed by atoms with Gasteiger partial charge in [0.25, 0.3) is 0 Å². The number of hydrogen-bond acceptors (Lipinski definition) is 5. The van der Waals surface area contributed by atoms with Crippen LogP contribution >= 0.6 is 0 Å². The van der Waals surface area contributed by atoms with E-state index in [9.17, 15) is 0 Å². The summed E-state index contributed by atoms with van der Waals surface area (Å²) in [6.07, 6.45) is 1.75. The molecule has 2 aromatic heterocycles. The van der Waals surface area contributed by atoms with E-state index in [1.165, 1.54) is 0 Å². The van der Waals surface area contributed by atoms with Crippen LogP contribution in [0.4, 0.5) is 5.95 Å². The molecule has 0 aromatic carbocycles. The summed E-state index contributed by atoms with van der Waals surface area (Å²) in [4.78, 5) is 8.20. The SMILES string of the molecule is CC(C)Oc1cc(-c2ccnn2C)nc(N)n1. The van der Waals surface area contributed by atoms with Crippen molar-refractivity contribution in [3.63, 3.8) is 0 Å². The Balaban J connectivity index is 2.42. The van der Waals surface area contributed by atoms with E-state index in [-0.39, 0.29) is 12.1 Å². The topological polar surface area (TPSA) is 78.8 Å². The molecule has 0 fully saturated rings. The number of aromatic nitrogens is 4. The van der Waals surface area contributed by atoms with Crippen molar-refractivity contribution in [2.24, 2.45) is 7.05 Å². The third kappa shape index (κ3) is 2.52. The number of nitrogens with two attached hydrogens (primary N) is 1. The second kappa shape index (κ2) is 4.40. The molecule has 0 saturated carbocycles. The van der Waals surface area contributed by atoms with E-state index in [1.54, 1.807) is 16.9 Å². The maximum absolute atomic E-state index is 5.66. The van der Waals surface area contributed by atoms with Crippen LogP contribution in [0.5, 0.6) is 5.88 Å². The molecule has 6 heteroatoms. The first-order chi connectivity index (χ1) is 8.06. The third-order valence-electron chi connectivity index (χ3n) is 2.16. The number of ether oxygens (including phenoxy) is 1. The maximum Gasteiger partial charge on any atom is 0.223 e. The molecule has 0 spiro atoms. The Labute approximate surface area is 99.4 Å². The summed E-state index contributed by atoms with van der Waals surface area (Å²) in [6.45, 7) is 3.87. The molecule has 0 unspecified atom stereocenters. The number of hydrogen-bond donors (Lipinski definition) is 1. The average Bonchev–Trinajstić information content (AvgIpc) is 2.62. The van der Waals surface area contributed by atoms with Crippen LogP contribution in [0, 0.1) is 0 Å². The van der Waals surface area contributed by atoms with Gasteiger partial charge in [0.05, 0.1) is 17.5 Å². The van der Waals surface area contributed by atoms with Crippen LogP contribution in [-0.2, 0) is 7.05 Å². The van der Waals surface area contributed by atoms with Crippen LogP contribution in [-0.4, -0.2) is 25.9 Å². The molecule has 0 atom stereocenters. The number of nitrogens with zero attached hydrogens (tertiary/aromatic N) is 4. The minimum atomic E-state index is 0.0451. The Hall–Kier alpha value is -2.11. The van der Waals surface area contributed by atoms with Crippen LogP contribution in [0.3, 0.4) is 0 Å². The summed E-state index contributed by atoms with van der Waals surface area (Å²) in [5.41, 5.74) is 7.23. The molecule has 2 heterocycles. The van der Waals surface area contributed by atoms with Crippen molar-refractivity contribution in [3.8, 4) is 17.3 Å². The van der Waals surface area contributed by atoms with Gasteiger partial charge in [-0.25, -0.2) is 4.98 Å². The molecule has 0 saturated heterocycles. The van der Waals surface area contributed by atoms with Gasteiger partial charge in [-0.2, -0.15) is 10.1 Å². The lowest BCUT2D eigenvalue weighted by molar-refractivity contribution is 0.233. The Kier molecular flexibility index (Phi) is 2.95. The van der Waals surface area contributed by atoms with E-state index in [0.717, 1.165) is 5.69 Å². The fraction of sp³-hybridized carbons (Fsp3) is 0.364. The first kappa shape index (κ1) is 11.4. The van der Waals surface area contributed by atoms with Crippen molar-refractivity contribution in [1.82, 2.24) is 19.7 Å². The number of aryl methyl sites for hydroxylation is 1. The van der Waals surface area contributed by atoms with Gasteiger partial charge in [0.1, 0.15) is 0 Å². The molecule has 0 bridgehead atoms. The number of nitrogen functional groups attached to an aromatic ring is 1. The predicted molar refractivity (Wildman–Crippen MR) is 64.4 cm³/mol. The highest BCUT2D eigenvalue weighted by atomic mass is 16.5. The van der Waals surface area contributed by atoms with Crippen molar-refractivity contribution < 1.29 is 4.74 Å². The van der Waals surface area contributed by atoms with Crippen LogP contribution in [0.1, 0.15) is 13.8 Å². The smallest absolute Gasteiger partial charge is 0.223 e. The van der Waals surface area contributed by atoms with Gasteiger partial charge in [-0.05, 0) is 19.9 Å².